The minimum absolute atomic E-state index is 0.0298. The van der Waals surface area contributed by atoms with Crippen molar-refractivity contribution < 1.29 is 21.9 Å². The fraction of sp³-hybridized carbons (Fsp3) is 0.118. The van der Waals surface area contributed by atoms with Gasteiger partial charge in [-0.3, -0.25) is 0 Å². The van der Waals surface area contributed by atoms with Crippen LogP contribution in [0.4, 0.5) is 8.78 Å². The summed E-state index contributed by atoms with van der Waals surface area (Å²) in [4.78, 5) is 2.96. The molecule has 0 saturated carbocycles. The first-order valence-corrected chi connectivity index (χ1v) is 9.48. The van der Waals surface area contributed by atoms with Crippen LogP contribution in [0.15, 0.2) is 59.5 Å². The molecule has 0 spiro atoms. The lowest BCUT2D eigenvalue weighted by Crippen LogP contribution is -2.25. The summed E-state index contributed by atoms with van der Waals surface area (Å²) in [6.07, 6.45) is -2.88. The van der Waals surface area contributed by atoms with Crippen LogP contribution in [0, 0.1) is 0 Å². The summed E-state index contributed by atoms with van der Waals surface area (Å²) in [6.45, 7) is 0. The molecule has 2 aromatic carbocycles. The molecule has 0 unspecified atom stereocenters. The molecular weight excluding hydrogens is 400 g/mol. The average Bonchev–Trinajstić information content (AvgIpc) is 3.06. The van der Waals surface area contributed by atoms with E-state index in [9.17, 15) is 17.2 Å². The van der Waals surface area contributed by atoms with E-state index in [1.807, 2.05) is 0 Å². The first-order valence-electron chi connectivity index (χ1n) is 7.61. The molecule has 0 atom stereocenters. The molecule has 0 fully saturated rings. The highest BCUT2D eigenvalue weighted by Gasteiger charge is 2.21. The molecule has 3 rings (SSSR count). The van der Waals surface area contributed by atoms with Crippen molar-refractivity contribution in [1.82, 2.24) is 9.89 Å². The van der Waals surface area contributed by atoms with Crippen LogP contribution in [0.3, 0.4) is 0 Å². The lowest BCUT2D eigenvalue weighted by Gasteiger charge is -2.12. The maximum Gasteiger partial charge on any atom is 0.282 e. The Morgan fingerprint density at radius 1 is 1.15 bits per heavy atom. The zero-order valence-electron chi connectivity index (χ0n) is 13.9. The second kappa shape index (κ2) is 7.53. The molecule has 0 amide bonds. The zero-order chi connectivity index (χ0) is 19.6. The predicted octanol–water partition coefficient (Wildman–Crippen LogP) is 4.08. The number of hydrogen-bond donors (Lipinski definition) is 1. The first-order chi connectivity index (χ1) is 12.8. The first kappa shape index (κ1) is 19.1. The molecule has 27 heavy (non-hydrogen) atoms. The van der Waals surface area contributed by atoms with Gasteiger partial charge < -0.3 is 4.74 Å². The van der Waals surface area contributed by atoms with Gasteiger partial charge in [0.05, 0.1) is 22.7 Å². The maximum absolute atomic E-state index is 13.1. The fourth-order valence-corrected chi connectivity index (χ4v) is 3.62. The highest BCUT2D eigenvalue weighted by atomic mass is 35.5. The molecule has 142 valence electrons. The number of hydrogen-bond acceptors (Lipinski definition) is 4. The van der Waals surface area contributed by atoms with E-state index in [4.69, 9.17) is 16.3 Å². The van der Waals surface area contributed by atoms with Crippen LogP contribution >= 0.6 is 11.6 Å². The van der Waals surface area contributed by atoms with E-state index in [1.165, 1.54) is 25.3 Å². The van der Waals surface area contributed by atoms with E-state index >= 15 is 0 Å². The monoisotopic (exact) mass is 413 g/mol. The molecule has 1 aromatic heterocycles. The number of methoxy groups -OCH3 is 1. The second-order valence-electron chi connectivity index (χ2n) is 5.42. The highest BCUT2D eigenvalue weighted by molar-refractivity contribution is 7.92. The van der Waals surface area contributed by atoms with E-state index in [0.717, 1.165) is 10.9 Å². The van der Waals surface area contributed by atoms with Gasteiger partial charge in [0.15, 0.2) is 0 Å². The van der Waals surface area contributed by atoms with Crippen molar-refractivity contribution in [2.75, 3.05) is 11.9 Å². The third-order valence-corrected chi connectivity index (χ3v) is 5.26. The summed E-state index contributed by atoms with van der Waals surface area (Å²) in [6, 6.07) is 13.2. The van der Waals surface area contributed by atoms with Gasteiger partial charge in [-0.05, 0) is 36.4 Å². The third kappa shape index (κ3) is 4.04. The molecular formula is C17H14ClF2N3O3S. The van der Waals surface area contributed by atoms with Crippen molar-refractivity contribution in [3.05, 3.63) is 65.3 Å². The molecule has 0 radical (unpaired) electrons. The molecule has 1 heterocycles. The van der Waals surface area contributed by atoms with Crippen LogP contribution in [-0.4, -0.2) is 25.4 Å². The summed E-state index contributed by atoms with van der Waals surface area (Å²) in [5, 5.41) is 3.91. The van der Waals surface area contributed by atoms with Gasteiger partial charge in [0.2, 0.25) is 0 Å². The maximum atomic E-state index is 13.1. The molecule has 0 aliphatic heterocycles. The van der Waals surface area contributed by atoms with Gasteiger partial charge in [0.25, 0.3) is 16.4 Å². The van der Waals surface area contributed by atoms with Gasteiger partial charge in [0, 0.05) is 5.56 Å². The Hall–Kier alpha value is -2.65. The topological polar surface area (TPSA) is 73.2 Å². The SMILES string of the molecule is COc1ccc(-c2cc(C(F)F)nn2NS(=O)(=O)c2ccccc2)cc1Cl. The van der Waals surface area contributed by atoms with E-state index in [-0.39, 0.29) is 15.6 Å². The Morgan fingerprint density at radius 2 is 1.85 bits per heavy atom. The average molecular weight is 414 g/mol. The van der Waals surface area contributed by atoms with Crippen molar-refractivity contribution in [2.45, 2.75) is 11.3 Å². The Labute approximate surface area is 159 Å². The Morgan fingerprint density at radius 3 is 2.44 bits per heavy atom. The van der Waals surface area contributed by atoms with E-state index in [0.29, 0.717) is 11.3 Å². The lowest BCUT2D eigenvalue weighted by molar-refractivity contribution is 0.145. The molecule has 0 bridgehead atoms. The standard InChI is InChI=1S/C17H14ClF2N3O3S/c1-26-16-8-7-11(9-13(16)18)15-10-14(17(19)20)21-23(15)22-27(24,25)12-5-3-2-4-6-12/h2-10,17,22H,1H3. The normalized spacial score (nSPS) is 11.6. The van der Waals surface area contributed by atoms with Crippen molar-refractivity contribution >= 4 is 21.6 Å². The Kier molecular flexibility index (Phi) is 5.33. The largest absolute Gasteiger partial charge is 0.495 e. The summed E-state index contributed by atoms with van der Waals surface area (Å²) in [5.74, 6) is 0.394. The number of benzene rings is 2. The molecule has 1 N–H and O–H groups in total. The van der Waals surface area contributed by atoms with Gasteiger partial charge in [-0.15, -0.1) is 0 Å². The van der Waals surface area contributed by atoms with Crippen molar-refractivity contribution in [1.29, 1.82) is 0 Å². The number of ether oxygens (including phenoxy) is 1. The molecule has 10 heteroatoms. The molecule has 6 nitrogen and oxygen atoms in total. The van der Waals surface area contributed by atoms with Crippen LogP contribution in [0.2, 0.25) is 5.02 Å². The third-order valence-electron chi connectivity index (χ3n) is 3.66. The number of nitrogens with one attached hydrogen (secondary N) is 1. The summed E-state index contributed by atoms with van der Waals surface area (Å²) < 4.78 is 56.4. The van der Waals surface area contributed by atoms with Gasteiger partial charge in [-0.25, -0.2) is 8.78 Å². The smallest absolute Gasteiger partial charge is 0.282 e. The minimum atomic E-state index is -4.03. The molecule has 3 aromatic rings. The van der Waals surface area contributed by atoms with Gasteiger partial charge >= 0.3 is 0 Å². The number of rotatable bonds is 6. The van der Waals surface area contributed by atoms with Crippen LogP contribution < -0.4 is 9.57 Å². The summed E-state index contributed by atoms with van der Waals surface area (Å²) >= 11 is 6.09. The number of halogens is 3. The van der Waals surface area contributed by atoms with Crippen LogP contribution in [0.1, 0.15) is 12.1 Å². The van der Waals surface area contributed by atoms with Crippen molar-refractivity contribution in [2.24, 2.45) is 0 Å². The number of aromatic nitrogens is 2. The Balaban J connectivity index is 2.06. The van der Waals surface area contributed by atoms with Gasteiger partial charge in [-0.1, -0.05) is 29.8 Å². The molecule has 0 aliphatic rings. The number of sulfonamides is 1. The second-order valence-corrected chi connectivity index (χ2v) is 7.49. The molecule has 0 saturated heterocycles. The van der Waals surface area contributed by atoms with E-state index < -0.39 is 22.1 Å². The van der Waals surface area contributed by atoms with E-state index in [1.54, 1.807) is 30.3 Å². The Bertz CT molecular complexity index is 1060. The van der Waals surface area contributed by atoms with Gasteiger partial charge in [0.1, 0.15) is 11.4 Å². The predicted molar refractivity (Wildman–Crippen MR) is 97.2 cm³/mol. The van der Waals surface area contributed by atoms with Crippen molar-refractivity contribution in [3.63, 3.8) is 0 Å². The fourth-order valence-electron chi connectivity index (χ4n) is 2.37. The highest BCUT2D eigenvalue weighted by Crippen LogP contribution is 2.32. The van der Waals surface area contributed by atoms with Crippen LogP contribution in [-0.2, 0) is 10.0 Å². The molecule has 0 aliphatic carbocycles. The number of alkyl halides is 2. The number of nitrogens with zero attached hydrogens (tertiary/aromatic N) is 2. The van der Waals surface area contributed by atoms with Crippen LogP contribution in [0.25, 0.3) is 11.3 Å². The van der Waals surface area contributed by atoms with Crippen LogP contribution in [0.5, 0.6) is 5.75 Å². The summed E-state index contributed by atoms with van der Waals surface area (Å²) in [7, 11) is -2.59. The quantitative estimate of drug-likeness (QED) is 0.660. The zero-order valence-corrected chi connectivity index (χ0v) is 15.5. The van der Waals surface area contributed by atoms with Gasteiger partial charge in [-0.2, -0.15) is 23.1 Å². The lowest BCUT2D eigenvalue weighted by atomic mass is 10.1. The minimum Gasteiger partial charge on any atom is -0.495 e. The van der Waals surface area contributed by atoms with Crippen molar-refractivity contribution in [3.8, 4) is 17.0 Å². The van der Waals surface area contributed by atoms with E-state index in [2.05, 4.69) is 9.93 Å². The summed E-state index contributed by atoms with van der Waals surface area (Å²) in [5.41, 5.74) is -0.0852.